The maximum Gasteiger partial charge on any atom is 0.309 e. The largest absolute Gasteiger partial charge is 0.497 e. The van der Waals surface area contributed by atoms with Gasteiger partial charge in [0.1, 0.15) is 5.75 Å². The van der Waals surface area contributed by atoms with Gasteiger partial charge in [0.2, 0.25) is 0 Å². The lowest BCUT2D eigenvalue weighted by Gasteiger charge is -2.05. The van der Waals surface area contributed by atoms with E-state index < -0.39 is 0 Å². The summed E-state index contributed by atoms with van der Waals surface area (Å²) in [6.45, 7) is 3.83. The number of rotatable bonds is 4. The fourth-order valence-corrected chi connectivity index (χ4v) is 1.18. The zero-order valence-corrected chi connectivity index (χ0v) is 8.95. The summed E-state index contributed by atoms with van der Waals surface area (Å²) in [6.07, 6.45) is 0.211. The Morgan fingerprint density at radius 1 is 1.27 bits per heavy atom. The zero-order valence-electron chi connectivity index (χ0n) is 8.95. The number of benzene rings is 1. The minimum absolute atomic E-state index is 0.211. The molecular weight excluding hydrogens is 192 g/mol. The molecular formula is C12H14O3. The maximum absolute atomic E-state index is 11.0. The molecule has 0 spiro atoms. The second-order valence-corrected chi connectivity index (χ2v) is 3.08. The fourth-order valence-electron chi connectivity index (χ4n) is 1.18. The summed E-state index contributed by atoms with van der Waals surface area (Å²) in [6, 6.07) is 7.39. The van der Waals surface area contributed by atoms with Gasteiger partial charge in [-0.2, -0.15) is 0 Å². The van der Waals surface area contributed by atoms with Gasteiger partial charge in [0, 0.05) is 0 Å². The van der Waals surface area contributed by atoms with Crippen LogP contribution in [-0.2, 0) is 9.53 Å². The lowest BCUT2D eigenvalue weighted by Crippen LogP contribution is -2.00. The van der Waals surface area contributed by atoms with E-state index in [2.05, 4.69) is 11.3 Å². The molecule has 0 bridgehead atoms. The molecule has 0 amide bonds. The Bertz CT molecular complexity index is 352. The first-order valence-electron chi connectivity index (χ1n) is 4.56. The van der Waals surface area contributed by atoms with Crippen LogP contribution < -0.4 is 4.74 Å². The van der Waals surface area contributed by atoms with E-state index in [9.17, 15) is 4.79 Å². The number of carbonyl (C=O) groups excluding carboxylic acids is 1. The van der Waals surface area contributed by atoms with Gasteiger partial charge < -0.3 is 9.47 Å². The number of methoxy groups -OCH3 is 2. The second kappa shape index (κ2) is 5.20. The minimum atomic E-state index is -0.282. The molecule has 0 radical (unpaired) electrons. The van der Waals surface area contributed by atoms with Crippen LogP contribution in [-0.4, -0.2) is 20.2 Å². The molecule has 3 heteroatoms. The van der Waals surface area contributed by atoms with Crippen molar-refractivity contribution in [2.75, 3.05) is 14.2 Å². The van der Waals surface area contributed by atoms with Crippen molar-refractivity contribution in [2.45, 2.75) is 6.42 Å². The SMILES string of the molecule is C=C(CC(=O)OC)c1ccc(OC)cc1. The summed E-state index contributed by atoms with van der Waals surface area (Å²) in [7, 11) is 2.97. The quantitative estimate of drug-likeness (QED) is 0.709. The third-order valence-corrected chi connectivity index (χ3v) is 2.08. The van der Waals surface area contributed by atoms with Crippen molar-refractivity contribution in [1.29, 1.82) is 0 Å². The average Bonchev–Trinajstić information content (AvgIpc) is 2.29. The highest BCUT2D eigenvalue weighted by molar-refractivity contribution is 5.84. The van der Waals surface area contributed by atoms with Gasteiger partial charge in [-0.05, 0) is 23.3 Å². The van der Waals surface area contributed by atoms with Gasteiger partial charge in [0.15, 0.2) is 0 Å². The van der Waals surface area contributed by atoms with Crippen molar-refractivity contribution < 1.29 is 14.3 Å². The molecule has 0 fully saturated rings. The molecule has 0 unspecified atom stereocenters. The van der Waals surface area contributed by atoms with Crippen LogP contribution in [0.1, 0.15) is 12.0 Å². The van der Waals surface area contributed by atoms with Gasteiger partial charge in [-0.1, -0.05) is 18.7 Å². The predicted octanol–water partition coefficient (Wildman–Crippen LogP) is 2.27. The van der Waals surface area contributed by atoms with Gasteiger partial charge >= 0.3 is 5.97 Å². The van der Waals surface area contributed by atoms with E-state index in [4.69, 9.17) is 4.74 Å². The lowest BCUT2D eigenvalue weighted by molar-refractivity contribution is -0.139. The second-order valence-electron chi connectivity index (χ2n) is 3.08. The van der Waals surface area contributed by atoms with Crippen LogP contribution in [0.5, 0.6) is 5.75 Å². The smallest absolute Gasteiger partial charge is 0.309 e. The van der Waals surface area contributed by atoms with Gasteiger partial charge in [0.05, 0.1) is 20.6 Å². The van der Waals surface area contributed by atoms with Crippen LogP contribution in [0.15, 0.2) is 30.8 Å². The maximum atomic E-state index is 11.0. The van der Waals surface area contributed by atoms with Crippen molar-refractivity contribution in [2.24, 2.45) is 0 Å². The predicted molar refractivity (Wildman–Crippen MR) is 58.7 cm³/mol. The molecule has 80 valence electrons. The first-order valence-corrected chi connectivity index (χ1v) is 4.56. The van der Waals surface area contributed by atoms with Gasteiger partial charge in [-0.15, -0.1) is 0 Å². The summed E-state index contributed by atoms with van der Waals surface area (Å²) >= 11 is 0. The molecule has 3 nitrogen and oxygen atoms in total. The standard InChI is InChI=1S/C12H14O3/c1-9(8-12(13)15-3)10-4-6-11(14-2)7-5-10/h4-7H,1,8H2,2-3H3. The van der Waals surface area contributed by atoms with E-state index >= 15 is 0 Å². The highest BCUT2D eigenvalue weighted by Gasteiger charge is 2.05. The topological polar surface area (TPSA) is 35.5 Å². The van der Waals surface area contributed by atoms with E-state index in [0.717, 1.165) is 16.9 Å². The molecule has 0 N–H and O–H groups in total. The van der Waals surface area contributed by atoms with E-state index in [1.54, 1.807) is 7.11 Å². The number of hydrogen-bond donors (Lipinski definition) is 0. The number of hydrogen-bond acceptors (Lipinski definition) is 3. The molecule has 1 aromatic carbocycles. The Hall–Kier alpha value is -1.77. The van der Waals surface area contributed by atoms with E-state index in [-0.39, 0.29) is 12.4 Å². The summed E-state index contributed by atoms with van der Waals surface area (Å²) in [5.74, 6) is 0.500. The minimum Gasteiger partial charge on any atom is -0.497 e. The fraction of sp³-hybridized carbons (Fsp3) is 0.250. The number of carbonyl (C=O) groups is 1. The van der Waals surface area contributed by atoms with Gasteiger partial charge in [0.25, 0.3) is 0 Å². The molecule has 0 aliphatic rings. The summed E-state index contributed by atoms with van der Waals surface area (Å²) in [4.78, 5) is 11.0. The summed E-state index contributed by atoms with van der Waals surface area (Å²) in [5, 5.41) is 0. The van der Waals surface area contributed by atoms with E-state index in [1.807, 2.05) is 24.3 Å². The third kappa shape index (κ3) is 3.13. The van der Waals surface area contributed by atoms with Crippen LogP contribution in [0.3, 0.4) is 0 Å². The molecule has 15 heavy (non-hydrogen) atoms. The molecule has 0 aliphatic carbocycles. The Morgan fingerprint density at radius 2 is 1.87 bits per heavy atom. The zero-order chi connectivity index (χ0) is 11.3. The molecule has 0 saturated heterocycles. The van der Waals surface area contributed by atoms with Gasteiger partial charge in [-0.3, -0.25) is 4.79 Å². The van der Waals surface area contributed by atoms with Crippen molar-refractivity contribution in [3.63, 3.8) is 0 Å². The van der Waals surface area contributed by atoms with Gasteiger partial charge in [-0.25, -0.2) is 0 Å². The van der Waals surface area contributed by atoms with Crippen molar-refractivity contribution in [3.05, 3.63) is 36.4 Å². The van der Waals surface area contributed by atoms with Crippen molar-refractivity contribution in [1.82, 2.24) is 0 Å². The molecule has 0 atom stereocenters. The molecule has 0 aliphatic heterocycles. The van der Waals surface area contributed by atoms with E-state index in [1.165, 1.54) is 7.11 Å². The number of ether oxygens (including phenoxy) is 2. The van der Waals surface area contributed by atoms with Crippen LogP contribution in [0.25, 0.3) is 5.57 Å². The molecule has 1 aromatic rings. The first-order chi connectivity index (χ1) is 7.17. The average molecular weight is 206 g/mol. The Labute approximate surface area is 89.3 Å². The summed E-state index contributed by atoms with van der Waals surface area (Å²) < 4.78 is 9.59. The molecule has 1 rings (SSSR count). The third-order valence-electron chi connectivity index (χ3n) is 2.08. The van der Waals surface area contributed by atoms with E-state index in [0.29, 0.717) is 0 Å². The number of esters is 1. The van der Waals surface area contributed by atoms with Crippen molar-refractivity contribution >= 4 is 11.5 Å². The molecule has 0 aromatic heterocycles. The van der Waals surface area contributed by atoms with Crippen LogP contribution in [0, 0.1) is 0 Å². The van der Waals surface area contributed by atoms with Crippen molar-refractivity contribution in [3.8, 4) is 5.75 Å². The lowest BCUT2D eigenvalue weighted by atomic mass is 10.0. The monoisotopic (exact) mass is 206 g/mol. The molecule has 0 saturated carbocycles. The Kier molecular flexibility index (Phi) is 3.92. The normalized spacial score (nSPS) is 9.47. The van der Waals surface area contributed by atoms with Crippen LogP contribution in [0.4, 0.5) is 0 Å². The Morgan fingerprint density at radius 3 is 2.33 bits per heavy atom. The van der Waals surface area contributed by atoms with Crippen LogP contribution >= 0.6 is 0 Å². The van der Waals surface area contributed by atoms with Crippen LogP contribution in [0.2, 0.25) is 0 Å². The highest BCUT2D eigenvalue weighted by Crippen LogP contribution is 2.19. The first kappa shape index (κ1) is 11.3. The summed E-state index contributed by atoms with van der Waals surface area (Å²) in [5.41, 5.74) is 1.66. The Balaban J connectivity index is 2.70. The highest BCUT2D eigenvalue weighted by atomic mass is 16.5. The molecule has 0 heterocycles.